The van der Waals surface area contributed by atoms with E-state index in [4.69, 9.17) is 4.74 Å². The van der Waals surface area contributed by atoms with Crippen molar-refractivity contribution in [3.8, 4) is 0 Å². The zero-order chi connectivity index (χ0) is 15.4. The summed E-state index contributed by atoms with van der Waals surface area (Å²) in [5, 5.41) is 13.0. The lowest BCUT2D eigenvalue weighted by molar-refractivity contribution is -0.0585. The number of alkyl carbamates (subject to hydrolysis) is 1. The Kier molecular flexibility index (Phi) is 5.17. The van der Waals surface area contributed by atoms with Crippen LogP contribution < -0.4 is 5.32 Å². The normalized spacial score (nSPS) is 13.7. The summed E-state index contributed by atoms with van der Waals surface area (Å²) in [5.41, 5.74) is -0.309. The summed E-state index contributed by atoms with van der Waals surface area (Å²) in [7, 11) is 0. The predicted molar refractivity (Wildman–Crippen MR) is 79.6 cm³/mol. The Bertz CT molecular complexity index is 435. The minimum absolute atomic E-state index is 0.364. The van der Waals surface area contributed by atoms with Gasteiger partial charge in [0.15, 0.2) is 0 Å². The molecule has 0 fully saturated rings. The average molecular weight is 279 g/mol. The smallest absolute Gasteiger partial charge is 0.408 e. The number of hydrogen-bond donors (Lipinski definition) is 2. The first kappa shape index (κ1) is 16.5. The molecule has 2 N–H and O–H groups in total. The maximum atomic E-state index is 11.8. The third-order valence-corrected chi connectivity index (χ3v) is 2.91. The van der Waals surface area contributed by atoms with Gasteiger partial charge in [0.2, 0.25) is 0 Å². The Morgan fingerprint density at radius 1 is 1.20 bits per heavy atom. The van der Waals surface area contributed by atoms with E-state index in [-0.39, 0.29) is 5.54 Å². The Labute approximate surface area is 121 Å². The molecule has 1 amide bonds. The molecule has 0 aliphatic carbocycles. The van der Waals surface area contributed by atoms with Crippen LogP contribution in [0, 0.1) is 0 Å². The van der Waals surface area contributed by atoms with Crippen LogP contribution in [0.2, 0.25) is 0 Å². The van der Waals surface area contributed by atoms with Crippen LogP contribution in [0.15, 0.2) is 30.3 Å². The first-order valence-corrected chi connectivity index (χ1v) is 6.83. The molecule has 0 saturated carbocycles. The topological polar surface area (TPSA) is 58.6 Å². The second-order valence-electron chi connectivity index (χ2n) is 6.57. The van der Waals surface area contributed by atoms with Crippen LogP contribution >= 0.6 is 0 Å². The van der Waals surface area contributed by atoms with Gasteiger partial charge in [-0.2, -0.15) is 0 Å². The molecule has 0 aliphatic rings. The molecule has 0 bridgehead atoms. The fourth-order valence-electron chi connectivity index (χ4n) is 1.72. The van der Waals surface area contributed by atoms with E-state index in [1.54, 1.807) is 13.8 Å². The van der Waals surface area contributed by atoms with Gasteiger partial charge in [-0.25, -0.2) is 4.79 Å². The molecule has 4 heteroatoms. The summed E-state index contributed by atoms with van der Waals surface area (Å²) in [6, 6.07) is 9.64. The predicted octanol–water partition coefficient (Wildman–Crippen LogP) is 2.89. The van der Waals surface area contributed by atoms with E-state index >= 15 is 0 Å². The molecule has 1 rings (SSSR count). The molecule has 4 nitrogen and oxygen atoms in total. The maximum absolute atomic E-state index is 11.8. The Morgan fingerprint density at radius 3 is 2.25 bits per heavy atom. The second-order valence-corrected chi connectivity index (χ2v) is 6.57. The van der Waals surface area contributed by atoms with Crippen molar-refractivity contribution in [1.82, 2.24) is 5.32 Å². The van der Waals surface area contributed by atoms with E-state index in [1.807, 2.05) is 51.1 Å². The van der Waals surface area contributed by atoms with Gasteiger partial charge >= 0.3 is 6.09 Å². The van der Waals surface area contributed by atoms with E-state index in [2.05, 4.69) is 5.32 Å². The zero-order valence-corrected chi connectivity index (χ0v) is 12.9. The van der Waals surface area contributed by atoms with E-state index in [0.29, 0.717) is 6.42 Å². The van der Waals surface area contributed by atoms with E-state index in [1.165, 1.54) is 0 Å². The highest BCUT2D eigenvalue weighted by Crippen LogP contribution is 2.19. The van der Waals surface area contributed by atoms with Gasteiger partial charge < -0.3 is 15.2 Å². The standard InChI is InChI=1S/C16H25NO3/c1-15(2,3)17-14(19)20-16(4,5)13(18)11-12-9-7-6-8-10-12/h6-10,13,18H,11H2,1-5H3,(H,17,19). The summed E-state index contributed by atoms with van der Waals surface area (Å²) < 4.78 is 5.35. The summed E-state index contributed by atoms with van der Waals surface area (Å²) in [6.45, 7) is 9.05. The largest absolute Gasteiger partial charge is 0.441 e. The molecule has 0 spiro atoms. The van der Waals surface area contributed by atoms with Gasteiger partial charge in [-0.3, -0.25) is 0 Å². The quantitative estimate of drug-likeness (QED) is 0.891. The zero-order valence-electron chi connectivity index (χ0n) is 12.9. The minimum Gasteiger partial charge on any atom is -0.441 e. The lowest BCUT2D eigenvalue weighted by atomic mass is 9.95. The van der Waals surface area contributed by atoms with Crippen LogP contribution in [-0.2, 0) is 11.2 Å². The molecule has 0 heterocycles. The van der Waals surface area contributed by atoms with Crippen LogP contribution in [0.3, 0.4) is 0 Å². The van der Waals surface area contributed by atoms with Gasteiger partial charge in [0.05, 0.1) is 6.10 Å². The Balaban J connectivity index is 2.61. The van der Waals surface area contributed by atoms with Crippen molar-refractivity contribution in [1.29, 1.82) is 0 Å². The van der Waals surface area contributed by atoms with Gasteiger partial charge in [0, 0.05) is 12.0 Å². The molecule has 1 unspecified atom stereocenters. The van der Waals surface area contributed by atoms with Gasteiger partial charge in [-0.15, -0.1) is 0 Å². The van der Waals surface area contributed by atoms with E-state index in [0.717, 1.165) is 5.56 Å². The number of aliphatic hydroxyl groups is 1. The first-order valence-electron chi connectivity index (χ1n) is 6.83. The van der Waals surface area contributed by atoms with Crippen molar-refractivity contribution in [3.63, 3.8) is 0 Å². The first-order chi connectivity index (χ1) is 9.10. The van der Waals surface area contributed by atoms with Crippen molar-refractivity contribution >= 4 is 6.09 Å². The van der Waals surface area contributed by atoms with Crippen molar-refractivity contribution in [3.05, 3.63) is 35.9 Å². The molecule has 0 aliphatic heterocycles. The lowest BCUT2D eigenvalue weighted by Crippen LogP contribution is -2.48. The van der Waals surface area contributed by atoms with Crippen molar-refractivity contribution in [2.75, 3.05) is 0 Å². The van der Waals surface area contributed by atoms with Crippen molar-refractivity contribution in [2.24, 2.45) is 0 Å². The van der Waals surface area contributed by atoms with Gasteiger partial charge in [-0.05, 0) is 40.2 Å². The van der Waals surface area contributed by atoms with Gasteiger partial charge in [0.1, 0.15) is 5.60 Å². The van der Waals surface area contributed by atoms with Crippen LogP contribution in [-0.4, -0.2) is 28.4 Å². The van der Waals surface area contributed by atoms with E-state index < -0.39 is 17.8 Å². The fourth-order valence-corrected chi connectivity index (χ4v) is 1.72. The molecule has 0 radical (unpaired) electrons. The monoisotopic (exact) mass is 279 g/mol. The average Bonchev–Trinajstić information content (AvgIpc) is 2.26. The van der Waals surface area contributed by atoms with Gasteiger partial charge in [0.25, 0.3) is 0 Å². The highest BCUT2D eigenvalue weighted by atomic mass is 16.6. The number of ether oxygens (including phenoxy) is 1. The fraction of sp³-hybridized carbons (Fsp3) is 0.562. The number of carbonyl (C=O) groups excluding carboxylic acids is 1. The molecule has 1 atom stereocenters. The summed E-state index contributed by atoms with van der Waals surface area (Å²) in [4.78, 5) is 11.8. The number of benzene rings is 1. The Morgan fingerprint density at radius 2 is 1.75 bits per heavy atom. The lowest BCUT2D eigenvalue weighted by Gasteiger charge is -2.32. The molecule has 0 saturated heterocycles. The third-order valence-electron chi connectivity index (χ3n) is 2.91. The van der Waals surface area contributed by atoms with Crippen LogP contribution in [0.1, 0.15) is 40.2 Å². The molecule has 1 aromatic carbocycles. The van der Waals surface area contributed by atoms with E-state index in [9.17, 15) is 9.90 Å². The summed E-state index contributed by atoms with van der Waals surface area (Å²) >= 11 is 0. The minimum atomic E-state index is -0.953. The maximum Gasteiger partial charge on any atom is 0.408 e. The molecule has 112 valence electrons. The number of amides is 1. The number of aliphatic hydroxyl groups excluding tert-OH is 1. The Hall–Kier alpha value is -1.55. The van der Waals surface area contributed by atoms with Crippen molar-refractivity contribution in [2.45, 2.75) is 58.3 Å². The van der Waals surface area contributed by atoms with Crippen LogP contribution in [0.4, 0.5) is 4.79 Å². The molecule has 0 aromatic heterocycles. The molecule has 1 aromatic rings. The van der Waals surface area contributed by atoms with Gasteiger partial charge in [-0.1, -0.05) is 30.3 Å². The number of hydrogen-bond acceptors (Lipinski definition) is 3. The van der Waals surface area contributed by atoms with Crippen molar-refractivity contribution < 1.29 is 14.6 Å². The molecular formula is C16H25NO3. The number of nitrogens with one attached hydrogen (secondary N) is 1. The number of carbonyl (C=O) groups is 1. The van der Waals surface area contributed by atoms with Crippen LogP contribution in [0.5, 0.6) is 0 Å². The summed E-state index contributed by atoms with van der Waals surface area (Å²) in [6.07, 6.45) is -0.846. The molecular weight excluding hydrogens is 254 g/mol. The highest BCUT2D eigenvalue weighted by Gasteiger charge is 2.33. The highest BCUT2D eigenvalue weighted by molar-refractivity contribution is 5.68. The third kappa shape index (κ3) is 5.61. The SMILES string of the molecule is CC(C)(C)NC(=O)OC(C)(C)C(O)Cc1ccccc1. The second kappa shape index (κ2) is 6.27. The summed E-state index contributed by atoms with van der Waals surface area (Å²) in [5.74, 6) is 0. The number of rotatable bonds is 4. The molecule has 20 heavy (non-hydrogen) atoms. The van der Waals surface area contributed by atoms with Crippen LogP contribution in [0.25, 0.3) is 0 Å².